The molecule has 3 aromatic carbocycles. The number of hydrogen-bond donors (Lipinski definition) is 1. The Morgan fingerprint density at radius 2 is 1.88 bits per heavy atom. The molecule has 9 heteroatoms. The minimum atomic E-state index is -0.330. The highest BCUT2D eigenvalue weighted by molar-refractivity contribution is 6.31. The first-order chi connectivity index (χ1) is 19.4. The molecule has 1 aromatic heterocycles. The van der Waals surface area contributed by atoms with Gasteiger partial charge in [-0.25, -0.2) is 4.98 Å². The molecule has 206 valence electrons. The summed E-state index contributed by atoms with van der Waals surface area (Å²) in [5, 5.41) is 8.35. The Labute approximate surface area is 237 Å². The largest absolute Gasteiger partial charge is 0.493 e. The Hall–Kier alpha value is -4.17. The Bertz CT molecular complexity index is 1630. The third-order valence-electron chi connectivity index (χ3n) is 7.10. The van der Waals surface area contributed by atoms with Crippen molar-refractivity contribution in [1.29, 1.82) is 0 Å². The van der Waals surface area contributed by atoms with Gasteiger partial charge in [-0.2, -0.15) is 9.78 Å². The highest BCUT2D eigenvalue weighted by atomic mass is 35.5. The fourth-order valence-electron chi connectivity index (χ4n) is 5.03. The molecule has 1 saturated carbocycles. The van der Waals surface area contributed by atoms with Crippen molar-refractivity contribution in [3.63, 3.8) is 0 Å². The summed E-state index contributed by atoms with van der Waals surface area (Å²) in [4.78, 5) is 31.1. The first kappa shape index (κ1) is 27.4. The van der Waals surface area contributed by atoms with Crippen molar-refractivity contribution in [2.24, 2.45) is 5.10 Å². The number of carbonyl (C=O) groups is 1. The summed E-state index contributed by atoms with van der Waals surface area (Å²) >= 11 is 6.37. The van der Waals surface area contributed by atoms with Crippen LogP contribution >= 0.6 is 11.6 Å². The molecule has 0 bridgehead atoms. The number of aryl methyl sites for hydroxylation is 1. The number of para-hydroxylation sites is 2. The van der Waals surface area contributed by atoms with E-state index in [0.29, 0.717) is 38.8 Å². The molecule has 0 spiro atoms. The summed E-state index contributed by atoms with van der Waals surface area (Å²) in [5.41, 5.74) is 2.53. The fraction of sp³-hybridized carbons (Fsp3) is 0.290. The van der Waals surface area contributed by atoms with Crippen LogP contribution in [0, 0.1) is 6.92 Å². The van der Waals surface area contributed by atoms with Crippen molar-refractivity contribution in [2.75, 3.05) is 19.0 Å². The second-order valence-electron chi connectivity index (χ2n) is 9.86. The summed E-state index contributed by atoms with van der Waals surface area (Å²) in [6, 6.07) is 18.1. The molecular weight excluding hydrogens is 528 g/mol. The number of anilines is 1. The zero-order valence-corrected chi connectivity index (χ0v) is 23.3. The number of fused-ring (bicyclic) bond motifs is 1. The molecule has 0 radical (unpaired) electrons. The molecule has 0 atom stereocenters. The Kier molecular flexibility index (Phi) is 8.45. The van der Waals surface area contributed by atoms with Crippen LogP contribution < -0.4 is 20.3 Å². The Morgan fingerprint density at radius 1 is 1.12 bits per heavy atom. The average Bonchev–Trinajstić information content (AvgIpc) is 2.97. The Morgan fingerprint density at radius 3 is 2.65 bits per heavy atom. The predicted molar refractivity (Wildman–Crippen MR) is 158 cm³/mol. The number of methoxy groups -OCH3 is 1. The van der Waals surface area contributed by atoms with Gasteiger partial charge in [-0.05, 0) is 49.6 Å². The molecule has 8 nitrogen and oxygen atoms in total. The molecule has 1 N–H and O–H groups in total. The summed E-state index contributed by atoms with van der Waals surface area (Å²) < 4.78 is 12.8. The van der Waals surface area contributed by atoms with Gasteiger partial charge in [0.15, 0.2) is 18.1 Å². The van der Waals surface area contributed by atoms with Gasteiger partial charge in [0.05, 0.1) is 24.2 Å². The van der Waals surface area contributed by atoms with Crippen molar-refractivity contribution in [3.05, 3.63) is 93.0 Å². The van der Waals surface area contributed by atoms with Gasteiger partial charge in [-0.15, -0.1) is 0 Å². The van der Waals surface area contributed by atoms with E-state index in [2.05, 4.69) is 10.4 Å². The quantitative estimate of drug-likeness (QED) is 0.256. The number of carbonyl (C=O) groups excluding carboxylic acids is 1. The molecule has 1 fully saturated rings. The minimum absolute atomic E-state index is 0.137. The van der Waals surface area contributed by atoms with Crippen molar-refractivity contribution in [2.45, 2.75) is 44.9 Å². The van der Waals surface area contributed by atoms with Gasteiger partial charge >= 0.3 is 0 Å². The number of halogens is 1. The van der Waals surface area contributed by atoms with E-state index in [1.807, 2.05) is 49.4 Å². The predicted octanol–water partition coefficient (Wildman–Crippen LogP) is 6.31. The van der Waals surface area contributed by atoms with Crippen LogP contribution in [0.25, 0.3) is 10.9 Å². The SMILES string of the molecule is COc1cc(Cl)cc(C=Nn2c(C3CCCCC3)nc3ccccc3c2=O)c1OCC(=O)Nc1ccccc1C. The lowest BCUT2D eigenvalue weighted by Crippen LogP contribution is -2.25. The van der Waals surface area contributed by atoms with E-state index < -0.39 is 0 Å². The van der Waals surface area contributed by atoms with E-state index in [9.17, 15) is 9.59 Å². The first-order valence-electron chi connectivity index (χ1n) is 13.4. The van der Waals surface area contributed by atoms with Crippen LogP contribution in [-0.2, 0) is 4.79 Å². The topological polar surface area (TPSA) is 94.8 Å². The van der Waals surface area contributed by atoms with E-state index >= 15 is 0 Å². The van der Waals surface area contributed by atoms with E-state index in [-0.39, 0.29) is 29.7 Å². The number of benzene rings is 3. The normalized spacial score (nSPS) is 14.0. The van der Waals surface area contributed by atoms with Gasteiger partial charge in [0.2, 0.25) is 0 Å². The molecule has 1 aliphatic carbocycles. The molecule has 0 saturated heterocycles. The standard InChI is InChI=1S/C31H31ClN4O4/c1-20-10-6-8-14-25(20)34-28(37)19-40-29-22(16-23(32)17-27(29)39-2)18-33-36-30(21-11-4-3-5-12-21)35-26-15-9-7-13-24(26)31(36)38/h6-10,13-18,21H,3-5,11-12,19H2,1-2H3,(H,34,37). The maximum atomic E-state index is 13.6. The van der Waals surface area contributed by atoms with Crippen LogP contribution in [0.2, 0.25) is 5.02 Å². The smallest absolute Gasteiger partial charge is 0.282 e. The van der Waals surface area contributed by atoms with Crippen molar-refractivity contribution >= 4 is 40.3 Å². The molecule has 0 unspecified atom stereocenters. The monoisotopic (exact) mass is 558 g/mol. The molecule has 0 aliphatic heterocycles. The van der Waals surface area contributed by atoms with Gasteiger partial charge in [-0.1, -0.05) is 61.2 Å². The van der Waals surface area contributed by atoms with E-state index in [1.165, 1.54) is 24.4 Å². The van der Waals surface area contributed by atoms with Crippen LogP contribution in [0.5, 0.6) is 11.5 Å². The van der Waals surface area contributed by atoms with Gasteiger partial charge in [-0.3, -0.25) is 9.59 Å². The van der Waals surface area contributed by atoms with Gasteiger partial charge in [0.1, 0.15) is 5.82 Å². The number of aromatic nitrogens is 2. The van der Waals surface area contributed by atoms with E-state index in [1.54, 1.807) is 18.2 Å². The van der Waals surface area contributed by atoms with Crippen LogP contribution in [-0.4, -0.2) is 35.5 Å². The fourth-order valence-corrected chi connectivity index (χ4v) is 5.24. The first-order valence-corrected chi connectivity index (χ1v) is 13.7. The number of nitrogens with zero attached hydrogens (tertiary/aromatic N) is 3. The summed E-state index contributed by atoms with van der Waals surface area (Å²) in [5.74, 6) is 1.08. The average molecular weight is 559 g/mol. The molecule has 40 heavy (non-hydrogen) atoms. The van der Waals surface area contributed by atoms with Gasteiger partial charge in [0.25, 0.3) is 11.5 Å². The summed E-state index contributed by atoms with van der Waals surface area (Å²) in [7, 11) is 1.49. The maximum absolute atomic E-state index is 13.6. The summed E-state index contributed by atoms with van der Waals surface area (Å²) in [6.07, 6.45) is 6.77. The van der Waals surface area contributed by atoms with Crippen LogP contribution in [0.1, 0.15) is 55.0 Å². The van der Waals surface area contributed by atoms with Crippen molar-refractivity contribution in [1.82, 2.24) is 9.66 Å². The molecule has 1 amide bonds. The molecule has 1 heterocycles. The number of amides is 1. The lowest BCUT2D eigenvalue weighted by Gasteiger charge is -2.22. The van der Waals surface area contributed by atoms with Gasteiger partial charge < -0.3 is 14.8 Å². The number of nitrogens with one attached hydrogen (secondary N) is 1. The molecule has 5 rings (SSSR count). The molecular formula is C31H31ClN4O4. The third kappa shape index (κ3) is 6.02. The maximum Gasteiger partial charge on any atom is 0.282 e. The van der Waals surface area contributed by atoms with Crippen LogP contribution in [0.3, 0.4) is 0 Å². The zero-order valence-electron chi connectivity index (χ0n) is 22.5. The molecule has 1 aliphatic rings. The third-order valence-corrected chi connectivity index (χ3v) is 7.31. The van der Waals surface area contributed by atoms with Crippen LogP contribution in [0.4, 0.5) is 5.69 Å². The van der Waals surface area contributed by atoms with E-state index in [4.69, 9.17) is 26.1 Å². The summed E-state index contributed by atoms with van der Waals surface area (Å²) in [6.45, 7) is 1.65. The molecule has 4 aromatic rings. The van der Waals surface area contributed by atoms with E-state index in [0.717, 1.165) is 31.2 Å². The van der Waals surface area contributed by atoms with Crippen LogP contribution in [0.15, 0.2) is 70.6 Å². The van der Waals surface area contributed by atoms with Gasteiger partial charge in [0, 0.05) is 28.3 Å². The Balaban J connectivity index is 1.49. The highest BCUT2D eigenvalue weighted by Gasteiger charge is 2.23. The van der Waals surface area contributed by atoms with Crippen molar-refractivity contribution < 1.29 is 14.3 Å². The minimum Gasteiger partial charge on any atom is -0.493 e. The highest BCUT2D eigenvalue weighted by Crippen LogP contribution is 2.35. The second kappa shape index (κ2) is 12.3. The zero-order chi connectivity index (χ0) is 28.1. The lowest BCUT2D eigenvalue weighted by atomic mass is 9.88. The lowest BCUT2D eigenvalue weighted by molar-refractivity contribution is -0.118. The number of rotatable bonds is 8. The number of ether oxygens (including phenoxy) is 2. The van der Waals surface area contributed by atoms with Crippen molar-refractivity contribution in [3.8, 4) is 11.5 Å². The number of hydrogen-bond acceptors (Lipinski definition) is 6. The second-order valence-corrected chi connectivity index (χ2v) is 10.3.